The van der Waals surface area contributed by atoms with E-state index in [1.807, 2.05) is 0 Å². The van der Waals surface area contributed by atoms with Crippen LogP contribution in [0.3, 0.4) is 0 Å². The molecule has 0 aliphatic heterocycles. The molecule has 0 spiro atoms. The van der Waals surface area contributed by atoms with Crippen LogP contribution in [0, 0.1) is 5.92 Å². The van der Waals surface area contributed by atoms with Gasteiger partial charge >= 0.3 is 23.9 Å². The molecule has 28 heavy (non-hydrogen) atoms. The number of rotatable bonds is 15. The maximum atomic E-state index is 13.5. The molecule has 11 heteroatoms. The van der Waals surface area contributed by atoms with Gasteiger partial charge in [0.1, 0.15) is 0 Å². The Kier molecular flexibility index (Phi) is 11.2. The van der Waals surface area contributed by atoms with E-state index in [0.717, 1.165) is 25.7 Å². The van der Waals surface area contributed by atoms with Gasteiger partial charge in [-0.2, -0.15) is 39.5 Å². The van der Waals surface area contributed by atoms with Crippen molar-refractivity contribution in [3.63, 3.8) is 0 Å². The number of aliphatic hydroxyl groups excluding tert-OH is 2. The van der Waals surface area contributed by atoms with Crippen molar-refractivity contribution in [1.82, 2.24) is 0 Å². The zero-order chi connectivity index (χ0) is 22.1. The molecule has 0 aromatic heterocycles. The highest BCUT2D eigenvalue weighted by Gasteiger charge is 2.81. The average molecular weight is 434 g/mol. The summed E-state index contributed by atoms with van der Waals surface area (Å²) in [6, 6.07) is 0. The lowest BCUT2D eigenvalue weighted by atomic mass is 9.91. The smallest absolute Gasteiger partial charge is 0.396 e. The van der Waals surface area contributed by atoms with Gasteiger partial charge in [-0.05, 0) is 25.2 Å². The Labute approximate surface area is 158 Å². The molecule has 0 bridgehead atoms. The molecule has 0 amide bonds. The molecular formula is C17H27F9O2. The third kappa shape index (κ3) is 7.61. The Morgan fingerprint density at radius 2 is 1.04 bits per heavy atom. The molecule has 2 N–H and O–H groups in total. The molecule has 0 saturated heterocycles. The van der Waals surface area contributed by atoms with Crippen LogP contribution in [0.4, 0.5) is 39.5 Å². The molecule has 0 aromatic rings. The fourth-order valence-corrected chi connectivity index (χ4v) is 2.71. The zero-order valence-corrected chi connectivity index (χ0v) is 15.4. The maximum absolute atomic E-state index is 13.5. The molecule has 0 aliphatic carbocycles. The van der Waals surface area contributed by atoms with Crippen LogP contribution >= 0.6 is 0 Å². The first kappa shape index (κ1) is 27.3. The largest absolute Gasteiger partial charge is 0.460 e. The van der Waals surface area contributed by atoms with Crippen LogP contribution in [0.15, 0.2) is 0 Å². The van der Waals surface area contributed by atoms with Crippen molar-refractivity contribution in [3.8, 4) is 0 Å². The van der Waals surface area contributed by atoms with Crippen LogP contribution in [0.5, 0.6) is 0 Å². The second-order valence-corrected chi connectivity index (χ2v) is 6.93. The lowest BCUT2D eigenvalue weighted by molar-refractivity contribution is -0.397. The summed E-state index contributed by atoms with van der Waals surface area (Å²) in [5.41, 5.74) is 0. The topological polar surface area (TPSA) is 40.5 Å². The Balaban J connectivity index is 4.49. The lowest BCUT2D eigenvalue weighted by Gasteiger charge is -2.34. The Bertz CT molecular complexity index is 425. The molecule has 0 aromatic carbocycles. The van der Waals surface area contributed by atoms with Gasteiger partial charge in [-0.3, -0.25) is 0 Å². The molecule has 2 nitrogen and oxygen atoms in total. The number of alkyl halides is 9. The van der Waals surface area contributed by atoms with E-state index in [2.05, 4.69) is 0 Å². The quantitative estimate of drug-likeness (QED) is 0.247. The lowest BCUT2D eigenvalue weighted by Crippen LogP contribution is -2.60. The molecule has 0 radical (unpaired) electrons. The second-order valence-electron chi connectivity index (χ2n) is 6.93. The van der Waals surface area contributed by atoms with Crippen LogP contribution in [0.1, 0.15) is 64.2 Å². The van der Waals surface area contributed by atoms with E-state index in [1.165, 1.54) is 0 Å². The minimum absolute atomic E-state index is 0.108. The van der Waals surface area contributed by atoms with E-state index in [4.69, 9.17) is 10.2 Å². The van der Waals surface area contributed by atoms with Crippen molar-refractivity contribution >= 4 is 0 Å². The molecule has 1 unspecified atom stereocenters. The predicted molar refractivity (Wildman–Crippen MR) is 84.7 cm³/mol. The molecule has 0 aliphatic rings. The van der Waals surface area contributed by atoms with Gasteiger partial charge < -0.3 is 10.2 Å². The van der Waals surface area contributed by atoms with Crippen molar-refractivity contribution in [1.29, 1.82) is 0 Å². The fraction of sp³-hybridized carbons (Fsp3) is 1.00. The van der Waals surface area contributed by atoms with Gasteiger partial charge in [0.05, 0.1) is 0 Å². The first-order chi connectivity index (χ1) is 12.7. The summed E-state index contributed by atoms with van der Waals surface area (Å²) >= 11 is 0. The van der Waals surface area contributed by atoms with Gasteiger partial charge in [0.2, 0.25) is 0 Å². The molecular weight excluding hydrogens is 407 g/mol. The van der Waals surface area contributed by atoms with E-state index in [-0.39, 0.29) is 13.0 Å². The van der Waals surface area contributed by atoms with Crippen LogP contribution in [-0.2, 0) is 0 Å². The molecule has 0 heterocycles. The molecule has 170 valence electrons. The summed E-state index contributed by atoms with van der Waals surface area (Å²) in [5.74, 6) is -19.9. The van der Waals surface area contributed by atoms with Gasteiger partial charge in [-0.25, -0.2) is 0 Å². The third-order valence-corrected chi connectivity index (χ3v) is 4.60. The predicted octanol–water partition coefficient (Wildman–Crippen LogP) is 5.96. The summed E-state index contributed by atoms with van der Waals surface area (Å²) in [5, 5.41) is 17.7. The van der Waals surface area contributed by atoms with Crippen molar-refractivity contribution in [2.75, 3.05) is 13.2 Å². The van der Waals surface area contributed by atoms with Crippen LogP contribution in [0.2, 0.25) is 0 Å². The SMILES string of the molecule is OCCCCCCCCCC(CO)CCC(F)(F)C(F)(F)C(F)(F)C(F)(F)F. The maximum Gasteiger partial charge on any atom is 0.460 e. The van der Waals surface area contributed by atoms with E-state index in [1.54, 1.807) is 0 Å². The Hall–Kier alpha value is -0.710. The summed E-state index contributed by atoms with van der Waals surface area (Å²) in [6.07, 6.45) is -4.05. The van der Waals surface area contributed by atoms with Gasteiger partial charge in [0.15, 0.2) is 0 Å². The van der Waals surface area contributed by atoms with E-state index in [9.17, 15) is 39.5 Å². The highest BCUT2D eigenvalue weighted by atomic mass is 19.4. The van der Waals surface area contributed by atoms with Gasteiger partial charge in [-0.1, -0.05) is 38.5 Å². The standard InChI is InChI=1S/C17H27F9O2/c18-14(19,15(20,21)16(22,23)17(24,25)26)10-9-13(12-28)8-6-4-2-1-3-5-7-11-27/h13,27-28H,1-12H2. The summed E-state index contributed by atoms with van der Waals surface area (Å²) in [7, 11) is 0. The van der Waals surface area contributed by atoms with Crippen molar-refractivity contribution in [2.24, 2.45) is 5.92 Å². The highest BCUT2D eigenvalue weighted by Crippen LogP contribution is 2.54. The van der Waals surface area contributed by atoms with Crippen molar-refractivity contribution in [3.05, 3.63) is 0 Å². The van der Waals surface area contributed by atoms with Crippen molar-refractivity contribution < 1.29 is 49.7 Å². The number of aliphatic hydroxyl groups is 2. The summed E-state index contributed by atoms with van der Waals surface area (Å²) in [4.78, 5) is 0. The van der Waals surface area contributed by atoms with E-state index in [0.29, 0.717) is 19.3 Å². The van der Waals surface area contributed by atoms with Gasteiger partial charge in [0, 0.05) is 19.6 Å². The van der Waals surface area contributed by atoms with Crippen LogP contribution < -0.4 is 0 Å². The Morgan fingerprint density at radius 3 is 1.46 bits per heavy atom. The molecule has 1 atom stereocenters. The molecule has 0 rings (SSSR count). The monoisotopic (exact) mass is 434 g/mol. The second kappa shape index (κ2) is 11.5. The fourth-order valence-electron chi connectivity index (χ4n) is 2.71. The van der Waals surface area contributed by atoms with Crippen molar-refractivity contribution in [2.45, 2.75) is 88.2 Å². The van der Waals surface area contributed by atoms with Gasteiger partial charge in [0.25, 0.3) is 0 Å². The minimum Gasteiger partial charge on any atom is -0.396 e. The molecule has 0 fully saturated rings. The molecule has 0 saturated carbocycles. The first-order valence-electron chi connectivity index (χ1n) is 9.16. The van der Waals surface area contributed by atoms with Crippen LogP contribution in [-0.4, -0.2) is 47.4 Å². The van der Waals surface area contributed by atoms with Gasteiger partial charge in [-0.15, -0.1) is 0 Å². The summed E-state index contributed by atoms with van der Waals surface area (Å²) in [6.45, 7) is -0.551. The number of unbranched alkanes of at least 4 members (excludes halogenated alkanes) is 6. The third-order valence-electron chi connectivity index (χ3n) is 4.60. The van der Waals surface area contributed by atoms with Crippen LogP contribution in [0.25, 0.3) is 0 Å². The normalized spacial score (nSPS) is 15.1. The number of hydrogen-bond donors (Lipinski definition) is 2. The zero-order valence-electron chi connectivity index (χ0n) is 15.4. The highest BCUT2D eigenvalue weighted by molar-refractivity contribution is 5.00. The van der Waals surface area contributed by atoms with E-state index >= 15 is 0 Å². The first-order valence-corrected chi connectivity index (χ1v) is 9.16. The number of hydrogen-bond acceptors (Lipinski definition) is 2. The summed E-state index contributed by atoms with van der Waals surface area (Å²) < 4.78 is 115. The minimum atomic E-state index is -6.87. The average Bonchev–Trinajstić information content (AvgIpc) is 2.58. The number of halogens is 9. The van der Waals surface area contributed by atoms with E-state index < -0.39 is 49.3 Å². The Morgan fingerprint density at radius 1 is 0.571 bits per heavy atom.